The normalized spacial score (nSPS) is 17.8. The van der Waals surface area contributed by atoms with Gasteiger partial charge in [-0.1, -0.05) is 41.6 Å². The Kier molecular flexibility index (Phi) is 9.84. The summed E-state index contributed by atoms with van der Waals surface area (Å²) in [5.41, 5.74) is 10.9. The monoisotopic (exact) mass is 744 g/mol. The summed E-state index contributed by atoms with van der Waals surface area (Å²) in [6.45, 7) is -0.126. The van der Waals surface area contributed by atoms with Gasteiger partial charge in [-0.3, -0.25) is 9.59 Å². The standard InChI is InChI=1S/C27H17ClF3N3O3S2.C7H5F2NO/c28-15-3-1-14(2-4-15)26-33-20(12-38-26)24-22-21(36-13-37-24)8-6-17(25(32)35)23(22)34-9-10-39-27(34,31)18-7-5-16(29)11-19(18)30;8-4-2-1-3-5(9)6(4)7(10)11/h1-12,24H,13H2,(H2,32,35);1-3H,(H2,10,11). The molecule has 16 heteroatoms. The SMILES string of the molecule is NC(=O)c1c(F)cccc1F.NC(=O)c1ccc2c(c1N1C=CSC1(F)c1ccc(F)cc1F)C(c1csc(-c3ccc(Cl)cc3)n1)OCO2. The van der Waals surface area contributed by atoms with Gasteiger partial charge in [-0.2, -0.15) is 0 Å². The number of primary amides is 2. The summed E-state index contributed by atoms with van der Waals surface area (Å²) in [6, 6.07) is 15.8. The Morgan fingerprint density at radius 1 is 0.940 bits per heavy atom. The first-order valence-electron chi connectivity index (χ1n) is 14.3. The van der Waals surface area contributed by atoms with E-state index in [0.29, 0.717) is 44.9 Å². The van der Waals surface area contributed by atoms with E-state index in [1.807, 2.05) is 12.1 Å². The van der Waals surface area contributed by atoms with Crippen LogP contribution in [0.1, 0.15) is 43.6 Å². The van der Waals surface area contributed by atoms with E-state index in [1.165, 1.54) is 29.0 Å². The van der Waals surface area contributed by atoms with E-state index < -0.39 is 57.4 Å². The minimum absolute atomic E-state index is 0.0261. The van der Waals surface area contributed by atoms with Crippen LogP contribution in [0, 0.1) is 23.3 Å². The molecule has 8 nitrogen and oxygen atoms in total. The van der Waals surface area contributed by atoms with Crippen molar-refractivity contribution in [3.05, 3.63) is 146 Å². The van der Waals surface area contributed by atoms with Crippen LogP contribution in [0.25, 0.3) is 10.6 Å². The van der Waals surface area contributed by atoms with Gasteiger partial charge in [0.2, 0.25) is 0 Å². The Hall–Kier alpha value is -4.96. The van der Waals surface area contributed by atoms with Crippen LogP contribution in [-0.4, -0.2) is 23.6 Å². The first-order chi connectivity index (χ1) is 23.9. The predicted molar refractivity (Wildman–Crippen MR) is 179 cm³/mol. The number of carbonyl (C=O) groups is 2. The summed E-state index contributed by atoms with van der Waals surface area (Å²) in [4.78, 5) is 28.8. The molecule has 0 radical (unpaired) electrons. The lowest BCUT2D eigenvalue weighted by Crippen LogP contribution is -2.37. The number of benzene rings is 4. The fraction of sp³-hybridized carbons (Fsp3) is 0.0882. The number of alkyl halides is 1. The molecule has 5 aromatic rings. The minimum atomic E-state index is -2.57. The third kappa shape index (κ3) is 6.64. The highest BCUT2D eigenvalue weighted by Gasteiger charge is 2.47. The molecular formula is C34H22ClF5N4O4S2. The van der Waals surface area contributed by atoms with Gasteiger partial charge in [-0.05, 0) is 53.9 Å². The molecule has 0 fully saturated rings. The maximum absolute atomic E-state index is 16.8. The molecule has 3 heterocycles. The topological polar surface area (TPSA) is 121 Å². The smallest absolute Gasteiger partial charge is 0.266 e. The third-order valence-electron chi connectivity index (χ3n) is 7.49. The summed E-state index contributed by atoms with van der Waals surface area (Å²) in [6.07, 6.45) is 0.489. The van der Waals surface area contributed by atoms with E-state index in [1.54, 1.807) is 23.6 Å². The van der Waals surface area contributed by atoms with Crippen LogP contribution in [0.2, 0.25) is 5.02 Å². The van der Waals surface area contributed by atoms with E-state index in [0.717, 1.165) is 40.8 Å². The fourth-order valence-corrected chi connectivity index (χ4v) is 7.15. The zero-order chi connectivity index (χ0) is 35.7. The van der Waals surface area contributed by atoms with Crippen molar-refractivity contribution in [2.45, 2.75) is 11.2 Å². The number of amides is 2. The molecule has 256 valence electrons. The average Bonchev–Trinajstić information content (AvgIpc) is 3.72. The molecule has 4 aromatic carbocycles. The van der Waals surface area contributed by atoms with E-state index in [4.69, 9.17) is 37.5 Å². The van der Waals surface area contributed by atoms with E-state index in [2.05, 4.69) is 0 Å². The van der Waals surface area contributed by atoms with Gasteiger partial charge in [0.25, 0.3) is 16.9 Å². The summed E-state index contributed by atoms with van der Waals surface area (Å²) in [5.74, 6) is -5.42. The lowest BCUT2D eigenvalue weighted by Gasteiger charge is -2.37. The average molecular weight is 745 g/mol. The highest BCUT2D eigenvalue weighted by molar-refractivity contribution is 8.03. The first-order valence-corrected chi connectivity index (χ1v) is 16.5. The Morgan fingerprint density at radius 2 is 1.66 bits per heavy atom. The minimum Gasteiger partial charge on any atom is -0.467 e. The van der Waals surface area contributed by atoms with Crippen molar-refractivity contribution in [2.75, 3.05) is 11.7 Å². The molecule has 0 aliphatic carbocycles. The van der Waals surface area contributed by atoms with Crippen LogP contribution in [0.15, 0.2) is 89.8 Å². The van der Waals surface area contributed by atoms with Gasteiger partial charge in [0.15, 0.2) is 6.79 Å². The van der Waals surface area contributed by atoms with E-state index >= 15 is 4.39 Å². The van der Waals surface area contributed by atoms with Crippen LogP contribution < -0.4 is 21.1 Å². The van der Waals surface area contributed by atoms with Gasteiger partial charge in [-0.15, -0.1) is 11.3 Å². The summed E-state index contributed by atoms with van der Waals surface area (Å²) >= 11 is 8.03. The lowest BCUT2D eigenvalue weighted by molar-refractivity contribution is -0.0430. The summed E-state index contributed by atoms with van der Waals surface area (Å²) in [5, 5.41) is 1.91. The second kappa shape index (κ2) is 14.1. The molecule has 7 rings (SSSR count). The van der Waals surface area contributed by atoms with Gasteiger partial charge >= 0.3 is 0 Å². The van der Waals surface area contributed by atoms with Gasteiger partial charge < -0.3 is 25.8 Å². The molecule has 0 saturated heterocycles. The number of rotatable bonds is 6. The number of nitrogens with two attached hydrogens (primary N) is 2. The van der Waals surface area contributed by atoms with Crippen LogP contribution in [0.3, 0.4) is 0 Å². The summed E-state index contributed by atoms with van der Waals surface area (Å²) in [7, 11) is 0. The molecule has 4 N–H and O–H groups in total. The van der Waals surface area contributed by atoms with Crippen molar-refractivity contribution < 1.29 is 41.0 Å². The number of hydrogen-bond donors (Lipinski definition) is 2. The maximum Gasteiger partial charge on any atom is 0.266 e. The quantitative estimate of drug-likeness (QED) is 0.133. The largest absolute Gasteiger partial charge is 0.467 e. The zero-order valence-corrected chi connectivity index (χ0v) is 27.6. The van der Waals surface area contributed by atoms with Crippen LogP contribution in [0.5, 0.6) is 5.75 Å². The Morgan fingerprint density at radius 3 is 2.30 bits per heavy atom. The molecule has 2 aliphatic rings. The first kappa shape index (κ1) is 34.9. The van der Waals surface area contributed by atoms with Crippen LogP contribution >= 0.6 is 34.7 Å². The fourth-order valence-electron chi connectivity index (χ4n) is 5.26. The number of ether oxygens (including phenoxy) is 2. The highest BCUT2D eigenvalue weighted by Crippen LogP contribution is 2.54. The van der Waals surface area contributed by atoms with Gasteiger partial charge in [0, 0.05) is 28.2 Å². The summed E-state index contributed by atoms with van der Waals surface area (Å²) < 4.78 is 82.1. The second-order valence-electron chi connectivity index (χ2n) is 10.6. The van der Waals surface area contributed by atoms with Crippen LogP contribution in [-0.2, 0) is 9.86 Å². The molecule has 0 bridgehead atoms. The van der Waals surface area contributed by atoms with E-state index in [9.17, 15) is 27.2 Å². The Bertz CT molecular complexity index is 2130. The molecule has 2 amide bonds. The molecule has 2 aliphatic heterocycles. The lowest BCUT2D eigenvalue weighted by atomic mass is 9.96. The highest BCUT2D eigenvalue weighted by atomic mass is 35.5. The number of nitrogens with zero attached hydrogens (tertiary/aromatic N) is 2. The third-order valence-corrected chi connectivity index (χ3v) is 9.64. The van der Waals surface area contributed by atoms with Gasteiger partial charge in [-0.25, -0.2) is 26.9 Å². The molecule has 2 unspecified atom stereocenters. The second-order valence-corrected chi connectivity index (χ2v) is 12.9. The van der Waals surface area contributed by atoms with Crippen molar-refractivity contribution in [1.29, 1.82) is 0 Å². The number of carbonyl (C=O) groups excluding carboxylic acids is 2. The molecular weight excluding hydrogens is 723 g/mol. The molecule has 50 heavy (non-hydrogen) atoms. The number of anilines is 1. The number of thiazole rings is 1. The van der Waals surface area contributed by atoms with Crippen molar-refractivity contribution in [1.82, 2.24) is 4.98 Å². The van der Waals surface area contributed by atoms with Crippen molar-refractivity contribution in [3.8, 4) is 16.3 Å². The Labute approximate surface area is 294 Å². The molecule has 1 aromatic heterocycles. The van der Waals surface area contributed by atoms with E-state index in [-0.39, 0.29) is 18.0 Å². The zero-order valence-electron chi connectivity index (χ0n) is 25.2. The van der Waals surface area contributed by atoms with Crippen LogP contribution in [0.4, 0.5) is 27.6 Å². The van der Waals surface area contributed by atoms with Crippen molar-refractivity contribution >= 4 is 52.2 Å². The number of aromatic nitrogens is 1. The number of hydrogen-bond acceptors (Lipinski definition) is 8. The van der Waals surface area contributed by atoms with Crippen molar-refractivity contribution in [3.63, 3.8) is 0 Å². The maximum atomic E-state index is 16.8. The number of thioether (sulfide) groups is 1. The molecule has 0 spiro atoms. The van der Waals surface area contributed by atoms with Crippen molar-refractivity contribution in [2.24, 2.45) is 11.5 Å². The predicted octanol–water partition coefficient (Wildman–Crippen LogP) is 8.16. The number of fused-ring (bicyclic) bond motifs is 1. The Balaban J connectivity index is 0.000000336. The van der Waals surface area contributed by atoms with Gasteiger partial charge in [0.1, 0.15) is 45.7 Å². The van der Waals surface area contributed by atoms with Gasteiger partial charge in [0.05, 0.1) is 28.1 Å². The molecule has 2 atom stereocenters. The molecule has 0 saturated carbocycles. The number of halogens is 6.